The van der Waals surface area contributed by atoms with Gasteiger partial charge in [0.25, 0.3) is 0 Å². The normalized spacial score (nSPS) is 11.5. The van der Waals surface area contributed by atoms with Gasteiger partial charge < -0.3 is 10.4 Å². The van der Waals surface area contributed by atoms with Crippen molar-refractivity contribution in [3.8, 4) is 5.75 Å². The Bertz CT molecular complexity index is 661. The Morgan fingerprint density at radius 3 is 2.57 bits per heavy atom. The minimum atomic E-state index is -4.51. The minimum Gasteiger partial charge on any atom is -0.508 e. The molecule has 2 nitrogen and oxygen atoms in total. The van der Waals surface area contributed by atoms with Crippen LogP contribution in [0.4, 0.5) is 18.9 Å². The Kier molecular flexibility index (Phi) is 4.68. The first-order chi connectivity index (χ1) is 9.79. The molecule has 2 rings (SSSR count). The molecule has 21 heavy (non-hydrogen) atoms. The standard InChI is InChI=1S/C14H10BrClF3NO/c15-9-4-5-12(21)8(6-9)7-20-13-10(14(17,18)19)2-1-3-11(13)16/h1-6,20-21H,7H2. The fraction of sp³-hybridized carbons (Fsp3) is 0.143. The van der Waals surface area contributed by atoms with Crippen LogP contribution in [0.3, 0.4) is 0 Å². The highest BCUT2D eigenvalue weighted by molar-refractivity contribution is 9.10. The number of phenolic OH excluding ortho intramolecular Hbond substituents is 1. The van der Waals surface area contributed by atoms with Crippen molar-refractivity contribution in [2.75, 3.05) is 5.32 Å². The number of alkyl halides is 3. The van der Waals surface area contributed by atoms with Crippen molar-refractivity contribution >= 4 is 33.2 Å². The van der Waals surface area contributed by atoms with Crippen LogP contribution in [-0.4, -0.2) is 5.11 Å². The van der Waals surface area contributed by atoms with E-state index in [0.717, 1.165) is 6.07 Å². The zero-order valence-electron chi connectivity index (χ0n) is 10.5. The number of nitrogens with one attached hydrogen (secondary N) is 1. The summed E-state index contributed by atoms with van der Waals surface area (Å²) in [5.74, 6) is -0.00804. The molecule has 0 saturated carbocycles. The van der Waals surface area contributed by atoms with Crippen molar-refractivity contribution in [3.05, 3.63) is 57.0 Å². The zero-order valence-corrected chi connectivity index (χ0v) is 12.9. The van der Waals surface area contributed by atoms with Gasteiger partial charge >= 0.3 is 6.18 Å². The minimum absolute atomic E-state index is 0.00804. The van der Waals surface area contributed by atoms with Crippen molar-refractivity contribution in [3.63, 3.8) is 0 Å². The molecule has 0 amide bonds. The van der Waals surface area contributed by atoms with E-state index in [9.17, 15) is 18.3 Å². The second-order valence-corrected chi connectivity index (χ2v) is 5.61. The lowest BCUT2D eigenvalue weighted by Crippen LogP contribution is -2.11. The highest BCUT2D eigenvalue weighted by Gasteiger charge is 2.34. The summed E-state index contributed by atoms with van der Waals surface area (Å²) in [6.45, 7) is 0.0120. The maximum Gasteiger partial charge on any atom is 0.418 e. The van der Waals surface area contributed by atoms with Crippen molar-refractivity contribution in [2.45, 2.75) is 12.7 Å². The summed E-state index contributed by atoms with van der Waals surface area (Å²) in [7, 11) is 0. The number of anilines is 1. The fourth-order valence-corrected chi connectivity index (χ4v) is 2.47. The first-order valence-corrected chi connectivity index (χ1v) is 7.03. The van der Waals surface area contributed by atoms with Crippen LogP contribution >= 0.6 is 27.5 Å². The van der Waals surface area contributed by atoms with Crippen molar-refractivity contribution < 1.29 is 18.3 Å². The van der Waals surface area contributed by atoms with E-state index in [-0.39, 0.29) is 23.0 Å². The van der Waals surface area contributed by atoms with Gasteiger partial charge in [0, 0.05) is 16.6 Å². The summed E-state index contributed by atoms with van der Waals surface area (Å²) < 4.78 is 39.5. The Morgan fingerprint density at radius 2 is 1.90 bits per heavy atom. The van der Waals surface area contributed by atoms with Crippen LogP contribution in [0.15, 0.2) is 40.9 Å². The summed E-state index contributed by atoms with van der Waals surface area (Å²) in [5.41, 5.74) is -0.590. The largest absolute Gasteiger partial charge is 0.508 e. The molecule has 0 unspecified atom stereocenters. The molecule has 0 heterocycles. The smallest absolute Gasteiger partial charge is 0.418 e. The quantitative estimate of drug-likeness (QED) is 0.743. The van der Waals surface area contributed by atoms with Crippen LogP contribution in [-0.2, 0) is 12.7 Å². The van der Waals surface area contributed by atoms with Gasteiger partial charge in [-0.25, -0.2) is 0 Å². The number of phenols is 1. The van der Waals surface area contributed by atoms with Crippen LogP contribution in [0, 0.1) is 0 Å². The van der Waals surface area contributed by atoms with Crippen molar-refractivity contribution in [1.29, 1.82) is 0 Å². The van der Waals surface area contributed by atoms with Crippen LogP contribution in [0.1, 0.15) is 11.1 Å². The van der Waals surface area contributed by atoms with Gasteiger partial charge in [-0.1, -0.05) is 33.6 Å². The van der Waals surface area contributed by atoms with Gasteiger partial charge in [0.2, 0.25) is 0 Å². The van der Waals surface area contributed by atoms with Crippen LogP contribution < -0.4 is 5.32 Å². The molecule has 2 N–H and O–H groups in total. The molecule has 0 aliphatic rings. The summed E-state index contributed by atoms with van der Waals surface area (Å²) in [6, 6.07) is 8.28. The molecule has 0 aliphatic heterocycles. The van der Waals surface area contributed by atoms with E-state index in [1.807, 2.05) is 0 Å². The Hall–Kier alpha value is -1.40. The molecule has 0 aliphatic carbocycles. The van der Waals surface area contributed by atoms with E-state index in [1.165, 1.54) is 18.2 Å². The first-order valence-electron chi connectivity index (χ1n) is 5.86. The fourth-order valence-electron chi connectivity index (χ4n) is 1.82. The van der Waals surface area contributed by atoms with Crippen LogP contribution in [0.2, 0.25) is 5.02 Å². The average Bonchev–Trinajstić information content (AvgIpc) is 2.39. The average molecular weight is 381 g/mol. The number of hydrogen-bond donors (Lipinski definition) is 2. The van der Waals surface area contributed by atoms with Crippen molar-refractivity contribution in [1.82, 2.24) is 0 Å². The second kappa shape index (κ2) is 6.15. The molecule has 0 atom stereocenters. The molecular formula is C14H10BrClF3NO. The summed E-state index contributed by atoms with van der Waals surface area (Å²) in [6.07, 6.45) is -4.51. The topological polar surface area (TPSA) is 32.3 Å². The Labute approximate surface area is 132 Å². The molecule has 0 radical (unpaired) electrons. The van der Waals surface area contributed by atoms with E-state index < -0.39 is 11.7 Å². The summed E-state index contributed by atoms with van der Waals surface area (Å²) in [5, 5.41) is 12.3. The monoisotopic (exact) mass is 379 g/mol. The molecule has 0 fully saturated rings. The van der Waals surface area contributed by atoms with Gasteiger partial charge in [-0.15, -0.1) is 0 Å². The van der Waals surface area contributed by atoms with Crippen LogP contribution in [0.5, 0.6) is 5.75 Å². The van der Waals surface area contributed by atoms with Gasteiger partial charge in [0.1, 0.15) is 5.75 Å². The van der Waals surface area contributed by atoms with E-state index in [2.05, 4.69) is 21.2 Å². The maximum atomic E-state index is 12.9. The first kappa shape index (κ1) is 16.0. The van der Waals surface area contributed by atoms with E-state index in [0.29, 0.717) is 10.0 Å². The lowest BCUT2D eigenvalue weighted by Gasteiger charge is -2.16. The second-order valence-electron chi connectivity index (χ2n) is 4.29. The predicted molar refractivity (Wildman–Crippen MR) is 79.6 cm³/mol. The lowest BCUT2D eigenvalue weighted by molar-refractivity contribution is -0.136. The van der Waals surface area contributed by atoms with Gasteiger partial charge in [-0.2, -0.15) is 13.2 Å². The highest BCUT2D eigenvalue weighted by atomic mass is 79.9. The van der Waals surface area contributed by atoms with Crippen LogP contribution in [0.25, 0.3) is 0 Å². The number of benzene rings is 2. The number of rotatable bonds is 3. The van der Waals surface area contributed by atoms with Gasteiger partial charge in [0.15, 0.2) is 0 Å². The third kappa shape index (κ3) is 3.83. The maximum absolute atomic E-state index is 12.9. The SMILES string of the molecule is Oc1ccc(Br)cc1CNc1c(Cl)cccc1C(F)(F)F. The lowest BCUT2D eigenvalue weighted by atomic mass is 10.1. The summed E-state index contributed by atoms with van der Waals surface area (Å²) >= 11 is 9.08. The third-order valence-corrected chi connectivity index (χ3v) is 3.62. The van der Waals surface area contributed by atoms with E-state index in [1.54, 1.807) is 12.1 Å². The zero-order chi connectivity index (χ0) is 15.6. The molecule has 7 heteroatoms. The van der Waals surface area contributed by atoms with E-state index in [4.69, 9.17) is 11.6 Å². The number of aromatic hydroxyl groups is 1. The molecule has 2 aromatic carbocycles. The van der Waals surface area contributed by atoms with Gasteiger partial charge in [-0.3, -0.25) is 0 Å². The van der Waals surface area contributed by atoms with E-state index >= 15 is 0 Å². The van der Waals surface area contributed by atoms with Crippen molar-refractivity contribution in [2.24, 2.45) is 0 Å². The Morgan fingerprint density at radius 1 is 1.19 bits per heavy atom. The number of para-hydroxylation sites is 1. The molecule has 0 spiro atoms. The van der Waals surface area contributed by atoms with Gasteiger partial charge in [-0.05, 0) is 30.3 Å². The summed E-state index contributed by atoms with van der Waals surface area (Å²) in [4.78, 5) is 0. The molecule has 0 bridgehead atoms. The highest BCUT2D eigenvalue weighted by Crippen LogP contribution is 2.38. The number of hydrogen-bond acceptors (Lipinski definition) is 2. The number of halogens is 5. The molecule has 0 aromatic heterocycles. The van der Waals surface area contributed by atoms with Gasteiger partial charge in [0.05, 0.1) is 16.3 Å². The third-order valence-electron chi connectivity index (χ3n) is 2.82. The molecular weight excluding hydrogens is 371 g/mol. The molecule has 0 saturated heterocycles. The Balaban J connectivity index is 2.30. The molecule has 2 aromatic rings. The molecule has 112 valence electrons. The predicted octanol–water partition coefficient (Wildman–Crippen LogP) is 5.44.